The summed E-state index contributed by atoms with van der Waals surface area (Å²) >= 11 is 0. The molecule has 0 saturated carbocycles. The van der Waals surface area contributed by atoms with Crippen molar-refractivity contribution in [1.29, 1.82) is 0 Å². The standard InChI is InChI=1S/C23H25NO6S/c1-3-29-19-8-6-17(7-9-19)15-23(25)24-16-22(21-5-4-14-30-21)31(26,27)20-12-10-18(28-2)11-13-20/h4-14,22H,3,15-16H2,1-2H3,(H,24,25). The first-order valence-electron chi connectivity index (χ1n) is 9.84. The van der Waals surface area contributed by atoms with Crippen LogP contribution in [-0.4, -0.2) is 34.6 Å². The molecule has 0 aliphatic heterocycles. The van der Waals surface area contributed by atoms with E-state index >= 15 is 0 Å². The van der Waals surface area contributed by atoms with Gasteiger partial charge in [-0.25, -0.2) is 8.42 Å². The maximum absolute atomic E-state index is 13.2. The number of carbonyl (C=O) groups is 1. The summed E-state index contributed by atoms with van der Waals surface area (Å²) in [5.74, 6) is 1.26. The maximum atomic E-state index is 13.2. The van der Waals surface area contributed by atoms with E-state index < -0.39 is 15.1 Å². The van der Waals surface area contributed by atoms with E-state index in [2.05, 4.69) is 5.32 Å². The van der Waals surface area contributed by atoms with Gasteiger partial charge in [0, 0.05) is 6.54 Å². The summed E-state index contributed by atoms with van der Waals surface area (Å²) in [6.45, 7) is 2.35. The van der Waals surface area contributed by atoms with Crippen molar-refractivity contribution in [3.8, 4) is 11.5 Å². The number of benzene rings is 2. The van der Waals surface area contributed by atoms with Crippen molar-refractivity contribution in [3.63, 3.8) is 0 Å². The molecule has 0 radical (unpaired) electrons. The lowest BCUT2D eigenvalue weighted by molar-refractivity contribution is -0.120. The fourth-order valence-corrected chi connectivity index (χ4v) is 4.68. The van der Waals surface area contributed by atoms with Crippen LogP contribution in [0.4, 0.5) is 0 Å². The van der Waals surface area contributed by atoms with Crippen LogP contribution in [0, 0.1) is 0 Å². The molecule has 0 saturated heterocycles. The lowest BCUT2D eigenvalue weighted by atomic mass is 10.1. The minimum atomic E-state index is -3.81. The number of hydrogen-bond donors (Lipinski definition) is 1. The van der Waals surface area contributed by atoms with Crippen molar-refractivity contribution in [1.82, 2.24) is 5.32 Å². The normalized spacial score (nSPS) is 12.2. The summed E-state index contributed by atoms with van der Waals surface area (Å²) in [7, 11) is -2.30. The molecule has 1 aromatic heterocycles. The lowest BCUT2D eigenvalue weighted by Gasteiger charge is -2.17. The lowest BCUT2D eigenvalue weighted by Crippen LogP contribution is -2.32. The first-order chi connectivity index (χ1) is 14.9. The molecule has 0 aliphatic rings. The minimum Gasteiger partial charge on any atom is -0.497 e. The van der Waals surface area contributed by atoms with Crippen LogP contribution in [-0.2, 0) is 21.1 Å². The van der Waals surface area contributed by atoms with Gasteiger partial charge in [-0.15, -0.1) is 0 Å². The molecule has 3 rings (SSSR count). The predicted octanol–water partition coefficient (Wildman–Crippen LogP) is 3.56. The second kappa shape index (κ2) is 10.2. The fraction of sp³-hybridized carbons (Fsp3) is 0.261. The zero-order valence-electron chi connectivity index (χ0n) is 17.4. The van der Waals surface area contributed by atoms with E-state index in [0.717, 1.165) is 11.3 Å². The number of amides is 1. The second-order valence-corrected chi connectivity index (χ2v) is 8.91. The maximum Gasteiger partial charge on any atom is 0.224 e. The minimum absolute atomic E-state index is 0.113. The average Bonchev–Trinajstić information content (AvgIpc) is 3.30. The van der Waals surface area contributed by atoms with Gasteiger partial charge >= 0.3 is 0 Å². The highest BCUT2D eigenvalue weighted by atomic mass is 32.2. The van der Waals surface area contributed by atoms with Gasteiger partial charge in [-0.3, -0.25) is 4.79 Å². The fourth-order valence-electron chi connectivity index (χ4n) is 3.09. The Balaban J connectivity index is 1.72. The number of rotatable bonds is 10. The molecule has 1 amide bonds. The summed E-state index contributed by atoms with van der Waals surface area (Å²) in [6.07, 6.45) is 1.54. The van der Waals surface area contributed by atoms with E-state index in [0.29, 0.717) is 12.4 Å². The molecule has 1 heterocycles. The molecule has 164 valence electrons. The topological polar surface area (TPSA) is 94.8 Å². The van der Waals surface area contributed by atoms with Gasteiger partial charge in [0.1, 0.15) is 22.5 Å². The van der Waals surface area contributed by atoms with Crippen molar-refractivity contribution in [2.45, 2.75) is 23.5 Å². The highest BCUT2D eigenvalue weighted by Crippen LogP contribution is 2.30. The Morgan fingerprint density at radius 2 is 1.71 bits per heavy atom. The van der Waals surface area contributed by atoms with Gasteiger partial charge in [0.25, 0.3) is 0 Å². The Hall–Kier alpha value is -3.26. The molecular weight excluding hydrogens is 418 g/mol. The Kier molecular flexibility index (Phi) is 7.36. The van der Waals surface area contributed by atoms with E-state index in [1.165, 1.54) is 25.5 Å². The summed E-state index contributed by atoms with van der Waals surface area (Å²) in [5.41, 5.74) is 0.800. The van der Waals surface area contributed by atoms with Crippen molar-refractivity contribution in [2.75, 3.05) is 20.3 Å². The van der Waals surface area contributed by atoms with Crippen molar-refractivity contribution in [2.24, 2.45) is 0 Å². The van der Waals surface area contributed by atoms with E-state index in [1.807, 2.05) is 19.1 Å². The van der Waals surface area contributed by atoms with Crippen molar-refractivity contribution in [3.05, 3.63) is 78.3 Å². The van der Waals surface area contributed by atoms with Gasteiger partial charge in [-0.1, -0.05) is 12.1 Å². The van der Waals surface area contributed by atoms with Crippen LogP contribution >= 0.6 is 0 Å². The summed E-state index contributed by atoms with van der Waals surface area (Å²) < 4.78 is 42.3. The summed E-state index contributed by atoms with van der Waals surface area (Å²) in [4.78, 5) is 12.6. The smallest absolute Gasteiger partial charge is 0.224 e. The molecular formula is C23H25NO6S. The quantitative estimate of drug-likeness (QED) is 0.515. The van der Waals surface area contributed by atoms with Gasteiger partial charge in [0.15, 0.2) is 9.84 Å². The third-order valence-corrected chi connectivity index (χ3v) is 6.78. The van der Waals surface area contributed by atoms with E-state index in [1.54, 1.807) is 36.4 Å². The van der Waals surface area contributed by atoms with Crippen LogP contribution in [0.1, 0.15) is 23.5 Å². The Morgan fingerprint density at radius 1 is 1.03 bits per heavy atom. The van der Waals surface area contributed by atoms with E-state index in [4.69, 9.17) is 13.9 Å². The zero-order valence-corrected chi connectivity index (χ0v) is 18.2. The molecule has 1 atom stereocenters. The predicted molar refractivity (Wildman–Crippen MR) is 116 cm³/mol. The Morgan fingerprint density at radius 3 is 2.29 bits per heavy atom. The van der Waals surface area contributed by atoms with Crippen LogP contribution in [0.5, 0.6) is 11.5 Å². The Labute approximate surface area is 181 Å². The summed E-state index contributed by atoms with van der Waals surface area (Å²) in [5, 5.41) is 1.67. The van der Waals surface area contributed by atoms with Crippen LogP contribution in [0.15, 0.2) is 76.2 Å². The number of sulfone groups is 1. The molecule has 3 aromatic rings. The average molecular weight is 444 g/mol. The van der Waals surface area contributed by atoms with Gasteiger partial charge in [0.2, 0.25) is 5.91 Å². The van der Waals surface area contributed by atoms with Crippen LogP contribution in [0.2, 0.25) is 0 Å². The van der Waals surface area contributed by atoms with Gasteiger partial charge in [-0.2, -0.15) is 0 Å². The second-order valence-electron chi connectivity index (χ2n) is 6.78. The molecule has 31 heavy (non-hydrogen) atoms. The molecule has 7 nitrogen and oxygen atoms in total. The number of nitrogens with one attached hydrogen (secondary N) is 1. The molecule has 0 fully saturated rings. The highest BCUT2D eigenvalue weighted by molar-refractivity contribution is 7.91. The van der Waals surface area contributed by atoms with Gasteiger partial charge in [-0.05, 0) is 61.0 Å². The number of furan rings is 1. The first kappa shape index (κ1) is 22.4. The molecule has 8 heteroatoms. The summed E-state index contributed by atoms with van der Waals surface area (Å²) in [6, 6.07) is 16.5. The molecule has 0 aliphatic carbocycles. The SMILES string of the molecule is CCOc1ccc(CC(=O)NCC(c2ccco2)S(=O)(=O)c2ccc(OC)cc2)cc1. The molecule has 2 aromatic carbocycles. The highest BCUT2D eigenvalue weighted by Gasteiger charge is 2.31. The zero-order chi connectivity index (χ0) is 22.3. The molecule has 0 bridgehead atoms. The monoisotopic (exact) mass is 443 g/mol. The van der Waals surface area contributed by atoms with Gasteiger partial charge < -0.3 is 19.2 Å². The third-order valence-electron chi connectivity index (χ3n) is 4.71. The van der Waals surface area contributed by atoms with Crippen LogP contribution in [0.3, 0.4) is 0 Å². The first-order valence-corrected chi connectivity index (χ1v) is 11.4. The number of carbonyl (C=O) groups excluding carboxylic acids is 1. The van der Waals surface area contributed by atoms with Crippen molar-refractivity contribution >= 4 is 15.7 Å². The van der Waals surface area contributed by atoms with Crippen molar-refractivity contribution < 1.29 is 27.1 Å². The molecule has 0 spiro atoms. The number of hydrogen-bond acceptors (Lipinski definition) is 6. The Bertz CT molecular complexity index is 1070. The number of ether oxygens (including phenoxy) is 2. The third kappa shape index (κ3) is 5.67. The number of methoxy groups -OCH3 is 1. The molecule has 1 N–H and O–H groups in total. The van der Waals surface area contributed by atoms with Crippen LogP contribution < -0.4 is 14.8 Å². The van der Waals surface area contributed by atoms with E-state index in [9.17, 15) is 13.2 Å². The molecule has 1 unspecified atom stereocenters. The van der Waals surface area contributed by atoms with Gasteiger partial charge in [0.05, 0.1) is 31.3 Å². The van der Waals surface area contributed by atoms with Crippen LogP contribution in [0.25, 0.3) is 0 Å². The largest absolute Gasteiger partial charge is 0.497 e. The van der Waals surface area contributed by atoms with E-state index in [-0.39, 0.29) is 29.5 Å².